The van der Waals surface area contributed by atoms with Crippen LogP contribution in [0.15, 0.2) is 18.2 Å². The third-order valence-corrected chi connectivity index (χ3v) is 3.94. The van der Waals surface area contributed by atoms with E-state index in [1.54, 1.807) is 19.1 Å². The first-order valence-corrected chi connectivity index (χ1v) is 7.70. The van der Waals surface area contributed by atoms with Gasteiger partial charge in [-0.3, -0.25) is 4.79 Å². The lowest BCUT2D eigenvalue weighted by Crippen LogP contribution is -2.46. The Labute approximate surface area is 130 Å². The van der Waals surface area contributed by atoms with E-state index in [0.29, 0.717) is 10.8 Å². The zero-order valence-corrected chi connectivity index (χ0v) is 13.4. The van der Waals surface area contributed by atoms with Gasteiger partial charge in [0.25, 0.3) is 5.91 Å². The van der Waals surface area contributed by atoms with Gasteiger partial charge in [-0.2, -0.15) is 0 Å². The molecule has 0 spiro atoms. The van der Waals surface area contributed by atoms with Gasteiger partial charge in [0.1, 0.15) is 5.75 Å². The van der Waals surface area contributed by atoms with E-state index < -0.39 is 6.10 Å². The lowest BCUT2D eigenvalue weighted by atomic mass is 10.1. The van der Waals surface area contributed by atoms with Gasteiger partial charge in [-0.15, -0.1) is 0 Å². The van der Waals surface area contributed by atoms with Crippen molar-refractivity contribution in [2.75, 3.05) is 6.61 Å². The molecule has 0 saturated carbocycles. The average molecular weight is 312 g/mol. The summed E-state index contributed by atoms with van der Waals surface area (Å²) in [6, 6.07) is 5.35. The van der Waals surface area contributed by atoms with E-state index in [2.05, 4.69) is 5.32 Å². The lowest BCUT2D eigenvalue weighted by molar-refractivity contribution is -0.128. The van der Waals surface area contributed by atoms with E-state index in [-0.39, 0.29) is 18.1 Å². The van der Waals surface area contributed by atoms with E-state index >= 15 is 0 Å². The zero-order chi connectivity index (χ0) is 15.4. The Morgan fingerprint density at radius 1 is 1.48 bits per heavy atom. The first-order valence-electron chi connectivity index (χ1n) is 7.32. The van der Waals surface area contributed by atoms with Crippen molar-refractivity contribution in [3.8, 4) is 5.75 Å². The van der Waals surface area contributed by atoms with E-state index in [4.69, 9.17) is 21.1 Å². The molecule has 116 valence electrons. The van der Waals surface area contributed by atoms with Crippen LogP contribution in [-0.2, 0) is 9.53 Å². The third kappa shape index (κ3) is 4.35. The van der Waals surface area contributed by atoms with Crippen molar-refractivity contribution in [1.29, 1.82) is 0 Å². The molecule has 5 heteroatoms. The van der Waals surface area contributed by atoms with Gasteiger partial charge in [0, 0.05) is 11.6 Å². The van der Waals surface area contributed by atoms with Crippen LogP contribution in [0.25, 0.3) is 0 Å². The smallest absolute Gasteiger partial charge is 0.261 e. The third-order valence-electron chi connectivity index (χ3n) is 3.70. The molecular weight excluding hydrogens is 290 g/mol. The van der Waals surface area contributed by atoms with Gasteiger partial charge in [0.05, 0.1) is 12.1 Å². The van der Waals surface area contributed by atoms with Crippen molar-refractivity contribution in [3.05, 3.63) is 28.8 Å². The average Bonchev–Trinajstić information content (AvgIpc) is 2.95. The van der Waals surface area contributed by atoms with Gasteiger partial charge >= 0.3 is 0 Å². The van der Waals surface area contributed by atoms with Crippen LogP contribution < -0.4 is 10.1 Å². The molecule has 1 heterocycles. The van der Waals surface area contributed by atoms with Crippen LogP contribution in [0.3, 0.4) is 0 Å². The molecule has 1 N–H and O–H groups in total. The number of rotatable bonds is 5. The molecule has 3 atom stereocenters. The predicted octanol–water partition coefficient (Wildman–Crippen LogP) is 3.10. The normalized spacial score (nSPS) is 20.9. The van der Waals surface area contributed by atoms with Crippen molar-refractivity contribution >= 4 is 17.5 Å². The number of amides is 1. The quantitative estimate of drug-likeness (QED) is 0.909. The molecule has 1 aliphatic rings. The lowest BCUT2D eigenvalue weighted by Gasteiger charge is -2.23. The highest BCUT2D eigenvalue weighted by Crippen LogP contribution is 2.23. The Morgan fingerprint density at radius 2 is 2.24 bits per heavy atom. The topological polar surface area (TPSA) is 47.6 Å². The van der Waals surface area contributed by atoms with Gasteiger partial charge in [-0.05, 0) is 57.4 Å². The fraction of sp³-hybridized carbons (Fsp3) is 0.562. The van der Waals surface area contributed by atoms with Gasteiger partial charge in [0.2, 0.25) is 0 Å². The van der Waals surface area contributed by atoms with Gasteiger partial charge in [0.15, 0.2) is 6.10 Å². The Hall–Kier alpha value is -1.26. The van der Waals surface area contributed by atoms with Crippen LogP contribution in [0, 0.1) is 6.92 Å². The van der Waals surface area contributed by atoms with Crippen LogP contribution in [0.1, 0.15) is 32.3 Å². The molecule has 4 nitrogen and oxygen atoms in total. The van der Waals surface area contributed by atoms with Crippen LogP contribution in [0.2, 0.25) is 5.02 Å². The van der Waals surface area contributed by atoms with Crippen LogP contribution in [-0.4, -0.2) is 30.8 Å². The molecule has 21 heavy (non-hydrogen) atoms. The number of hydrogen-bond acceptors (Lipinski definition) is 3. The number of nitrogens with one attached hydrogen (secondary N) is 1. The molecule has 0 unspecified atom stereocenters. The Balaban J connectivity index is 1.89. The summed E-state index contributed by atoms with van der Waals surface area (Å²) in [6.07, 6.45) is 1.60. The number of carbonyl (C=O) groups excluding carboxylic acids is 1. The van der Waals surface area contributed by atoms with E-state index in [9.17, 15) is 4.79 Å². The largest absolute Gasteiger partial charge is 0.481 e. The van der Waals surface area contributed by atoms with E-state index in [1.807, 2.05) is 19.9 Å². The molecule has 1 aliphatic heterocycles. The summed E-state index contributed by atoms with van der Waals surface area (Å²) < 4.78 is 11.3. The summed E-state index contributed by atoms with van der Waals surface area (Å²) >= 11 is 5.91. The molecular formula is C16H22ClNO3. The van der Waals surface area contributed by atoms with Crippen LogP contribution in [0.5, 0.6) is 5.75 Å². The van der Waals surface area contributed by atoms with Gasteiger partial charge in [-0.1, -0.05) is 11.6 Å². The Kier molecular flexibility index (Phi) is 5.48. The molecule has 0 bridgehead atoms. The minimum atomic E-state index is -0.561. The van der Waals surface area contributed by atoms with Crippen molar-refractivity contribution in [2.24, 2.45) is 0 Å². The molecule has 0 radical (unpaired) electrons. The monoisotopic (exact) mass is 311 g/mol. The highest BCUT2D eigenvalue weighted by Gasteiger charge is 2.26. The molecule has 1 amide bonds. The van der Waals surface area contributed by atoms with Crippen molar-refractivity contribution in [3.63, 3.8) is 0 Å². The highest BCUT2D eigenvalue weighted by molar-refractivity contribution is 6.30. The Morgan fingerprint density at radius 3 is 2.86 bits per heavy atom. The minimum absolute atomic E-state index is 0.00244. The fourth-order valence-electron chi connectivity index (χ4n) is 2.42. The molecule has 1 aromatic rings. The number of benzene rings is 1. The summed E-state index contributed by atoms with van der Waals surface area (Å²) in [6.45, 7) is 6.39. The van der Waals surface area contributed by atoms with Crippen molar-refractivity contribution in [2.45, 2.75) is 51.9 Å². The van der Waals surface area contributed by atoms with Crippen molar-refractivity contribution < 1.29 is 14.3 Å². The second kappa shape index (κ2) is 7.14. The standard InChI is InChI=1S/C16H22ClNO3/c1-10-9-13(17)6-7-14(10)21-12(3)16(19)18-11(2)15-5-4-8-20-15/h6-7,9,11-12,15H,4-5,8H2,1-3H3,(H,18,19)/t11-,12+,15+/m1/s1. The SMILES string of the molecule is Cc1cc(Cl)ccc1O[C@@H](C)C(=O)N[C@H](C)[C@@H]1CCCO1. The maximum absolute atomic E-state index is 12.2. The summed E-state index contributed by atoms with van der Waals surface area (Å²) in [5, 5.41) is 3.61. The summed E-state index contributed by atoms with van der Waals surface area (Å²) in [7, 11) is 0. The number of halogens is 1. The summed E-state index contributed by atoms with van der Waals surface area (Å²) in [4.78, 5) is 12.2. The maximum Gasteiger partial charge on any atom is 0.261 e. The molecule has 1 aromatic carbocycles. The van der Waals surface area contributed by atoms with Crippen LogP contribution in [0.4, 0.5) is 0 Å². The molecule has 2 rings (SSSR count). The predicted molar refractivity (Wildman–Crippen MR) is 82.9 cm³/mol. The highest BCUT2D eigenvalue weighted by atomic mass is 35.5. The minimum Gasteiger partial charge on any atom is -0.481 e. The first-order chi connectivity index (χ1) is 9.97. The number of ether oxygens (including phenoxy) is 2. The van der Waals surface area contributed by atoms with E-state index in [1.165, 1.54) is 0 Å². The van der Waals surface area contributed by atoms with Gasteiger partial charge < -0.3 is 14.8 Å². The Bertz CT molecular complexity index is 500. The van der Waals surface area contributed by atoms with Crippen molar-refractivity contribution in [1.82, 2.24) is 5.32 Å². The summed E-state index contributed by atoms with van der Waals surface area (Å²) in [5.74, 6) is 0.541. The van der Waals surface area contributed by atoms with Crippen LogP contribution >= 0.6 is 11.6 Å². The summed E-state index contributed by atoms with van der Waals surface area (Å²) in [5.41, 5.74) is 0.911. The number of carbonyl (C=O) groups is 1. The molecule has 1 saturated heterocycles. The second-order valence-corrected chi connectivity index (χ2v) is 5.96. The number of hydrogen-bond donors (Lipinski definition) is 1. The molecule has 0 aliphatic carbocycles. The zero-order valence-electron chi connectivity index (χ0n) is 12.7. The number of aryl methyl sites for hydroxylation is 1. The molecule has 1 fully saturated rings. The maximum atomic E-state index is 12.2. The van der Waals surface area contributed by atoms with Gasteiger partial charge in [-0.25, -0.2) is 0 Å². The first kappa shape index (κ1) is 16.1. The fourth-order valence-corrected chi connectivity index (χ4v) is 2.65. The second-order valence-electron chi connectivity index (χ2n) is 5.52. The molecule has 0 aromatic heterocycles. The van der Waals surface area contributed by atoms with E-state index in [0.717, 1.165) is 25.0 Å².